The fraction of sp³-hybridized carbons (Fsp3) is 0.0625. The summed E-state index contributed by atoms with van der Waals surface area (Å²) in [5.74, 6) is -0.411. The zero-order valence-corrected chi connectivity index (χ0v) is 13.9. The minimum absolute atomic E-state index is 0.0381. The third-order valence-electron chi connectivity index (χ3n) is 3.43. The molecule has 10 heteroatoms. The summed E-state index contributed by atoms with van der Waals surface area (Å²) < 4.78 is 0. The number of hydrogen-bond acceptors (Lipinski definition) is 7. The van der Waals surface area contributed by atoms with Gasteiger partial charge in [-0.15, -0.1) is 0 Å². The lowest BCUT2D eigenvalue weighted by Crippen LogP contribution is -2.15. The number of amidine groups is 1. The summed E-state index contributed by atoms with van der Waals surface area (Å²) in [5, 5.41) is 22.1. The molecule has 9 nitrogen and oxygen atoms in total. The first-order chi connectivity index (χ1) is 12.4. The highest BCUT2D eigenvalue weighted by atomic mass is 32.2. The van der Waals surface area contributed by atoms with E-state index >= 15 is 0 Å². The number of non-ortho nitro benzene ring substituents is 1. The molecule has 0 N–H and O–H groups in total. The van der Waals surface area contributed by atoms with Crippen LogP contribution in [-0.2, 0) is 4.79 Å². The number of hydrogen-bond donors (Lipinski definition) is 0. The molecule has 2 aromatic carbocycles. The van der Waals surface area contributed by atoms with Crippen molar-refractivity contribution in [2.45, 2.75) is 11.3 Å². The van der Waals surface area contributed by atoms with Gasteiger partial charge >= 0.3 is 0 Å². The highest BCUT2D eigenvalue weighted by molar-refractivity contribution is 8.14. The van der Waals surface area contributed by atoms with Crippen molar-refractivity contribution in [3.05, 3.63) is 74.3 Å². The van der Waals surface area contributed by atoms with Gasteiger partial charge in [-0.2, -0.15) is 4.99 Å². The molecule has 0 fully saturated rings. The number of rotatable bonds is 4. The molecule has 0 aromatic heterocycles. The molecule has 0 unspecified atom stereocenters. The number of carbonyl (C=O) groups excluding carboxylic acids is 1. The first kappa shape index (κ1) is 17.4. The Labute approximate surface area is 150 Å². The molecule has 0 bridgehead atoms. The first-order valence-electron chi connectivity index (χ1n) is 7.29. The molecule has 0 spiro atoms. The smallest absolute Gasteiger partial charge is 0.272 e. The average Bonchev–Trinajstić information content (AvgIpc) is 2.62. The lowest BCUT2D eigenvalue weighted by Gasteiger charge is -2.11. The van der Waals surface area contributed by atoms with Crippen molar-refractivity contribution in [2.75, 3.05) is 0 Å². The molecule has 1 heterocycles. The van der Waals surface area contributed by atoms with Crippen LogP contribution in [0.4, 0.5) is 11.4 Å². The van der Waals surface area contributed by atoms with Crippen molar-refractivity contribution in [1.29, 1.82) is 0 Å². The van der Waals surface area contributed by atoms with Crippen molar-refractivity contribution < 1.29 is 14.6 Å². The molecule has 1 aliphatic rings. The van der Waals surface area contributed by atoms with Crippen LogP contribution in [0.5, 0.6) is 0 Å². The highest BCUT2D eigenvalue weighted by Crippen LogP contribution is 2.34. The van der Waals surface area contributed by atoms with Gasteiger partial charge in [0.2, 0.25) is 0 Å². The molecule has 2 aromatic rings. The van der Waals surface area contributed by atoms with Crippen molar-refractivity contribution in [3.8, 4) is 0 Å². The van der Waals surface area contributed by atoms with E-state index in [1.165, 1.54) is 6.07 Å². The minimum Gasteiger partial charge on any atom is -0.272 e. The molecule has 130 valence electrons. The fourth-order valence-electron chi connectivity index (χ4n) is 2.26. The lowest BCUT2D eigenvalue weighted by molar-refractivity contribution is -0.396. The number of amides is 1. The van der Waals surface area contributed by atoms with Gasteiger partial charge in [0, 0.05) is 6.07 Å². The Morgan fingerprint density at radius 2 is 1.69 bits per heavy atom. The van der Waals surface area contributed by atoms with Crippen molar-refractivity contribution in [3.63, 3.8) is 0 Å². The van der Waals surface area contributed by atoms with Gasteiger partial charge in [-0.1, -0.05) is 30.3 Å². The van der Waals surface area contributed by atoms with Crippen LogP contribution in [0, 0.1) is 20.2 Å². The predicted octanol–water partition coefficient (Wildman–Crippen LogP) is 3.37. The number of carbonyl (C=O) groups is 1. The van der Waals surface area contributed by atoms with Crippen LogP contribution in [0.3, 0.4) is 0 Å². The molecule has 0 radical (unpaired) electrons. The third-order valence-corrected chi connectivity index (χ3v) is 4.36. The SMILES string of the molecule is O=C1CC(c2ccccc2)=NC(Sc2ccc([N+](=O)[O-])cc2[N+](=O)[O-])=N1. The highest BCUT2D eigenvalue weighted by Gasteiger charge is 2.24. The first-order valence-corrected chi connectivity index (χ1v) is 8.11. The van der Waals surface area contributed by atoms with E-state index in [0.29, 0.717) is 5.71 Å². The van der Waals surface area contributed by atoms with E-state index in [-0.39, 0.29) is 16.5 Å². The molecular formula is C16H10N4O5S. The van der Waals surface area contributed by atoms with Gasteiger partial charge < -0.3 is 0 Å². The number of aliphatic imine (C=N–C) groups is 2. The summed E-state index contributed by atoms with van der Waals surface area (Å²) in [6, 6.07) is 12.3. The quantitative estimate of drug-likeness (QED) is 0.599. The molecule has 0 atom stereocenters. The van der Waals surface area contributed by atoms with Crippen LogP contribution in [0.25, 0.3) is 0 Å². The molecule has 26 heavy (non-hydrogen) atoms. The van der Waals surface area contributed by atoms with Crippen LogP contribution < -0.4 is 0 Å². The van der Waals surface area contributed by atoms with E-state index in [2.05, 4.69) is 9.98 Å². The predicted molar refractivity (Wildman–Crippen MR) is 95.6 cm³/mol. The van der Waals surface area contributed by atoms with Crippen LogP contribution in [0.15, 0.2) is 63.4 Å². The molecule has 3 rings (SSSR count). The molecule has 1 aliphatic heterocycles. The zero-order valence-electron chi connectivity index (χ0n) is 13.1. The van der Waals surface area contributed by atoms with Gasteiger partial charge in [-0.05, 0) is 23.4 Å². The zero-order chi connectivity index (χ0) is 18.7. The maximum atomic E-state index is 11.9. The Kier molecular flexibility index (Phi) is 4.85. The number of nitrogens with zero attached hydrogens (tertiary/aromatic N) is 4. The van der Waals surface area contributed by atoms with Crippen molar-refractivity contribution >= 4 is 39.9 Å². The van der Waals surface area contributed by atoms with Crippen LogP contribution in [-0.4, -0.2) is 26.6 Å². The number of thioether (sulfide) groups is 1. The Morgan fingerprint density at radius 1 is 0.962 bits per heavy atom. The van der Waals surface area contributed by atoms with E-state index < -0.39 is 27.1 Å². The Hall–Kier alpha value is -3.40. The molecule has 0 aliphatic carbocycles. The van der Waals surface area contributed by atoms with Crippen LogP contribution in [0.1, 0.15) is 12.0 Å². The summed E-state index contributed by atoms with van der Waals surface area (Å²) in [5.41, 5.74) is 0.433. The van der Waals surface area contributed by atoms with E-state index in [9.17, 15) is 25.0 Å². The van der Waals surface area contributed by atoms with Crippen molar-refractivity contribution in [2.24, 2.45) is 9.98 Å². The summed E-state index contributed by atoms with van der Waals surface area (Å²) in [6.07, 6.45) is 0.0381. The normalized spacial score (nSPS) is 13.8. The Balaban J connectivity index is 1.95. The Morgan fingerprint density at radius 3 is 2.35 bits per heavy atom. The summed E-state index contributed by atoms with van der Waals surface area (Å²) >= 11 is 0.819. The molecule has 1 amide bonds. The van der Waals surface area contributed by atoms with Crippen LogP contribution in [0.2, 0.25) is 0 Å². The number of benzene rings is 2. The summed E-state index contributed by atoms with van der Waals surface area (Å²) in [4.78, 5) is 40.7. The number of nitro groups is 2. The molecular weight excluding hydrogens is 360 g/mol. The average molecular weight is 370 g/mol. The maximum Gasteiger partial charge on any atom is 0.290 e. The molecule has 0 saturated heterocycles. The number of nitro benzene ring substituents is 2. The summed E-state index contributed by atoms with van der Waals surface area (Å²) in [6.45, 7) is 0. The van der Waals surface area contributed by atoms with Gasteiger partial charge in [0.25, 0.3) is 17.3 Å². The van der Waals surface area contributed by atoms with E-state index in [1.54, 1.807) is 12.1 Å². The van der Waals surface area contributed by atoms with Gasteiger partial charge in [-0.25, -0.2) is 4.99 Å². The second kappa shape index (κ2) is 7.23. The van der Waals surface area contributed by atoms with Gasteiger partial charge in [-0.3, -0.25) is 25.0 Å². The van der Waals surface area contributed by atoms with E-state index in [1.807, 2.05) is 18.2 Å². The second-order valence-electron chi connectivity index (χ2n) is 5.16. The molecule has 0 saturated carbocycles. The minimum atomic E-state index is -0.720. The van der Waals surface area contributed by atoms with Gasteiger partial charge in [0.1, 0.15) is 0 Å². The second-order valence-corrected chi connectivity index (χ2v) is 6.17. The van der Waals surface area contributed by atoms with Gasteiger partial charge in [0.15, 0.2) is 5.17 Å². The van der Waals surface area contributed by atoms with E-state index in [4.69, 9.17) is 0 Å². The van der Waals surface area contributed by atoms with Crippen LogP contribution >= 0.6 is 11.8 Å². The van der Waals surface area contributed by atoms with E-state index in [0.717, 1.165) is 29.5 Å². The maximum absolute atomic E-state index is 11.9. The lowest BCUT2D eigenvalue weighted by atomic mass is 10.1. The largest absolute Gasteiger partial charge is 0.290 e. The Bertz CT molecular complexity index is 972. The standard InChI is InChI=1S/C16H10N4O5S/c21-15-9-12(10-4-2-1-3-5-10)17-16(18-15)26-14-7-6-11(19(22)23)8-13(14)20(24)25/h1-8H,9H2. The third kappa shape index (κ3) is 3.81. The van der Waals surface area contributed by atoms with Crippen molar-refractivity contribution in [1.82, 2.24) is 0 Å². The summed E-state index contributed by atoms with van der Waals surface area (Å²) in [7, 11) is 0. The monoisotopic (exact) mass is 370 g/mol. The topological polar surface area (TPSA) is 128 Å². The fourth-order valence-corrected chi connectivity index (χ4v) is 3.13. The van der Waals surface area contributed by atoms with Gasteiger partial charge in [0.05, 0.1) is 32.9 Å².